The minimum atomic E-state index is -1.25. The molecule has 2 rings (SSSR count). The second-order valence-electron chi connectivity index (χ2n) is 4.60. The zero-order chi connectivity index (χ0) is 14.7. The van der Waals surface area contributed by atoms with Crippen LogP contribution in [0.25, 0.3) is 0 Å². The van der Waals surface area contributed by atoms with Crippen molar-refractivity contribution in [1.82, 2.24) is 0 Å². The number of carbonyl (C=O) groups excluding carboxylic acids is 4. The molecular weight excluding hydrogens is 280 g/mol. The van der Waals surface area contributed by atoms with E-state index in [0.717, 1.165) is 0 Å². The fourth-order valence-electron chi connectivity index (χ4n) is 2.26. The lowest BCUT2D eigenvalue weighted by Crippen LogP contribution is -2.41. The van der Waals surface area contributed by atoms with E-state index in [9.17, 15) is 19.2 Å². The van der Waals surface area contributed by atoms with E-state index in [1.165, 1.54) is 11.3 Å². The molecular formula is C14H14O5S. The molecule has 0 aromatic carbocycles. The van der Waals surface area contributed by atoms with Crippen LogP contribution in [0.1, 0.15) is 30.1 Å². The number of rotatable bonds is 4. The van der Waals surface area contributed by atoms with Gasteiger partial charge in [-0.15, -0.1) is 0 Å². The van der Waals surface area contributed by atoms with Crippen molar-refractivity contribution in [2.24, 2.45) is 11.8 Å². The maximum Gasteiger partial charge on any atom is 0.309 e. The van der Waals surface area contributed by atoms with Crippen LogP contribution in [0, 0.1) is 11.8 Å². The molecule has 1 aromatic heterocycles. The first kappa shape index (κ1) is 14.6. The van der Waals surface area contributed by atoms with Gasteiger partial charge in [0.2, 0.25) is 0 Å². The monoisotopic (exact) mass is 294 g/mol. The highest BCUT2D eigenvalue weighted by molar-refractivity contribution is 7.08. The Labute approximate surface area is 119 Å². The van der Waals surface area contributed by atoms with Crippen molar-refractivity contribution in [3.05, 3.63) is 22.4 Å². The third kappa shape index (κ3) is 2.85. The summed E-state index contributed by atoms with van der Waals surface area (Å²) in [5, 5.41) is 3.33. The maximum atomic E-state index is 12.1. The Bertz CT molecular complexity index is 528. The molecule has 0 atom stereocenters. The van der Waals surface area contributed by atoms with Gasteiger partial charge in [0, 0.05) is 23.8 Å². The van der Waals surface area contributed by atoms with Gasteiger partial charge >= 0.3 is 5.97 Å². The summed E-state index contributed by atoms with van der Waals surface area (Å²) < 4.78 is 4.82. The summed E-state index contributed by atoms with van der Waals surface area (Å²) in [5.74, 6) is -4.00. The summed E-state index contributed by atoms with van der Waals surface area (Å²) in [6.45, 7) is 1.86. The molecule has 0 saturated heterocycles. The van der Waals surface area contributed by atoms with E-state index in [-0.39, 0.29) is 19.4 Å². The van der Waals surface area contributed by atoms with Crippen LogP contribution in [0.2, 0.25) is 0 Å². The molecule has 5 nitrogen and oxygen atoms in total. The number of Topliss-reactive ketones (excluding diaryl/α,β-unsaturated/α-hetero) is 3. The normalized spacial score (nSPS) is 22.6. The standard InChI is InChI=1S/C14H14O5S/c1-2-19-14(18)9-5-10(15)12(11(16)6-9)13(17)8-3-4-20-7-8/h3-4,7,9,12H,2,5-6H2,1H3. The second-order valence-corrected chi connectivity index (χ2v) is 5.38. The molecule has 0 amide bonds. The van der Waals surface area contributed by atoms with Crippen molar-refractivity contribution in [2.75, 3.05) is 6.61 Å². The molecule has 0 radical (unpaired) electrons. The van der Waals surface area contributed by atoms with E-state index in [4.69, 9.17) is 4.74 Å². The van der Waals surface area contributed by atoms with E-state index >= 15 is 0 Å². The van der Waals surface area contributed by atoms with Crippen molar-refractivity contribution in [2.45, 2.75) is 19.8 Å². The lowest BCUT2D eigenvalue weighted by atomic mass is 9.77. The van der Waals surface area contributed by atoms with Gasteiger partial charge in [-0.3, -0.25) is 19.2 Å². The smallest absolute Gasteiger partial charge is 0.309 e. The molecule has 1 saturated carbocycles. The SMILES string of the molecule is CCOC(=O)C1CC(=O)C(C(=O)c2ccsc2)C(=O)C1. The van der Waals surface area contributed by atoms with E-state index in [0.29, 0.717) is 5.56 Å². The van der Waals surface area contributed by atoms with Gasteiger partial charge in [-0.05, 0) is 18.4 Å². The third-order valence-corrected chi connectivity index (χ3v) is 3.91. The molecule has 1 heterocycles. The predicted octanol–water partition coefficient (Wildman–Crippen LogP) is 1.66. The van der Waals surface area contributed by atoms with Gasteiger partial charge in [0.05, 0.1) is 12.5 Å². The molecule has 0 N–H and O–H groups in total. The van der Waals surface area contributed by atoms with Gasteiger partial charge in [0.1, 0.15) is 5.92 Å². The Morgan fingerprint density at radius 2 is 1.95 bits per heavy atom. The number of ether oxygens (including phenoxy) is 1. The molecule has 0 spiro atoms. The Morgan fingerprint density at radius 3 is 2.45 bits per heavy atom. The van der Waals surface area contributed by atoms with Gasteiger partial charge < -0.3 is 4.74 Å². The highest BCUT2D eigenvalue weighted by Gasteiger charge is 2.43. The molecule has 106 valence electrons. The van der Waals surface area contributed by atoms with Gasteiger partial charge in [-0.25, -0.2) is 0 Å². The van der Waals surface area contributed by atoms with Crippen LogP contribution in [0.4, 0.5) is 0 Å². The lowest BCUT2D eigenvalue weighted by Gasteiger charge is -2.23. The van der Waals surface area contributed by atoms with Crippen molar-refractivity contribution in [3.8, 4) is 0 Å². The molecule has 1 fully saturated rings. The van der Waals surface area contributed by atoms with E-state index < -0.39 is 35.2 Å². The van der Waals surface area contributed by atoms with Crippen LogP contribution in [-0.4, -0.2) is 29.9 Å². The highest BCUT2D eigenvalue weighted by atomic mass is 32.1. The Hall–Kier alpha value is -1.82. The molecule has 1 aromatic rings. The largest absolute Gasteiger partial charge is 0.466 e. The summed E-state index contributed by atoms with van der Waals surface area (Å²) in [6.07, 6.45) is -0.212. The first-order chi connectivity index (χ1) is 9.54. The minimum Gasteiger partial charge on any atom is -0.466 e. The topological polar surface area (TPSA) is 77.5 Å². The lowest BCUT2D eigenvalue weighted by molar-refractivity contribution is -0.154. The fraction of sp³-hybridized carbons (Fsp3) is 0.429. The Morgan fingerprint density at radius 1 is 1.30 bits per heavy atom. The average Bonchev–Trinajstić information content (AvgIpc) is 2.91. The Kier molecular flexibility index (Phi) is 4.44. The van der Waals surface area contributed by atoms with Crippen LogP contribution in [-0.2, 0) is 19.1 Å². The number of esters is 1. The van der Waals surface area contributed by atoms with Crippen LogP contribution < -0.4 is 0 Å². The van der Waals surface area contributed by atoms with Gasteiger partial charge in [-0.1, -0.05) is 0 Å². The molecule has 1 aliphatic rings. The molecule has 6 heteroatoms. The van der Waals surface area contributed by atoms with Gasteiger partial charge in [-0.2, -0.15) is 11.3 Å². The number of carbonyl (C=O) groups is 4. The first-order valence-corrected chi connectivity index (χ1v) is 7.27. The number of thiophene rings is 1. The van der Waals surface area contributed by atoms with Crippen LogP contribution in [0.15, 0.2) is 16.8 Å². The summed E-state index contributed by atoms with van der Waals surface area (Å²) in [4.78, 5) is 47.7. The number of ketones is 3. The molecule has 20 heavy (non-hydrogen) atoms. The van der Waals surface area contributed by atoms with Crippen LogP contribution in [0.3, 0.4) is 0 Å². The van der Waals surface area contributed by atoms with Crippen molar-refractivity contribution >= 4 is 34.7 Å². The minimum absolute atomic E-state index is 0.106. The average molecular weight is 294 g/mol. The number of hydrogen-bond donors (Lipinski definition) is 0. The second kappa shape index (κ2) is 6.09. The molecule has 0 bridgehead atoms. The summed E-state index contributed by atoms with van der Waals surface area (Å²) in [6, 6.07) is 1.59. The molecule has 0 aliphatic heterocycles. The van der Waals surface area contributed by atoms with Crippen molar-refractivity contribution in [1.29, 1.82) is 0 Å². The summed E-state index contributed by atoms with van der Waals surface area (Å²) in [5.41, 5.74) is 0.372. The quantitative estimate of drug-likeness (QED) is 0.479. The number of hydrogen-bond acceptors (Lipinski definition) is 6. The zero-order valence-electron chi connectivity index (χ0n) is 11.0. The van der Waals surface area contributed by atoms with Gasteiger partial charge in [0.25, 0.3) is 0 Å². The first-order valence-electron chi connectivity index (χ1n) is 6.33. The highest BCUT2D eigenvalue weighted by Crippen LogP contribution is 2.27. The van der Waals surface area contributed by atoms with Crippen LogP contribution >= 0.6 is 11.3 Å². The van der Waals surface area contributed by atoms with E-state index in [2.05, 4.69) is 0 Å². The summed E-state index contributed by atoms with van der Waals surface area (Å²) >= 11 is 1.33. The van der Waals surface area contributed by atoms with Crippen molar-refractivity contribution < 1.29 is 23.9 Å². The molecule has 0 unspecified atom stereocenters. The molecule has 1 aliphatic carbocycles. The Balaban J connectivity index is 2.12. The third-order valence-electron chi connectivity index (χ3n) is 3.23. The van der Waals surface area contributed by atoms with E-state index in [1.54, 1.807) is 23.8 Å². The predicted molar refractivity (Wildman–Crippen MR) is 71.5 cm³/mol. The van der Waals surface area contributed by atoms with Crippen molar-refractivity contribution in [3.63, 3.8) is 0 Å². The van der Waals surface area contributed by atoms with Crippen LogP contribution in [0.5, 0.6) is 0 Å². The maximum absolute atomic E-state index is 12.1. The van der Waals surface area contributed by atoms with Gasteiger partial charge in [0.15, 0.2) is 17.3 Å². The van der Waals surface area contributed by atoms with E-state index in [1.807, 2.05) is 0 Å². The zero-order valence-corrected chi connectivity index (χ0v) is 11.8. The summed E-state index contributed by atoms with van der Waals surface area (Å²) in [7, 11) is 0. The fourth-order valence-corrected chi connectivity index (χ4v) is 2.91.